The third-order valence-electron chi connectivity index (χ3n) is 4.02. The number of hydrogen-bond donors (Lipinski definition) is 3. The molecule has 3 unspecified atom stereocenters. The van der Waals surface area contributed by atoms with Gasteiger partial charge in [-0.15, -0.1) is 0 Å². The SMILES string of the molecule is OC(CNCC1CCCCC1O)COCC1CC1. The number of aliphatic hydroxyl groups is 2. The smallest absolute Gasteiger partial charge is 0.0897 e. The Balaban J connectivity index is 1.47. The van der Waals surface area contributed by atoms with Gasteiger partial charge in [0.25, 0.3) is 0 Å². The molecule has 4 heteroatoms. The highest BCUT2D eigenvalue weighted by Gasteiger charge is 2.23. The van der Waals surface area contributed by atoms with Gasteiger partial charge in [-0.3, -0.25) is 0 Å². The van der Waals surface area contributed by atoms with Crippen molar-refractivity contribution in [2.75, 3.05) is 26.3 Å². The van der Waals surface area contributed by atoms with Crippen LogP contribution in [0.2, 0.25) is 0 Å². The van der Waals surface area contributed by atoms with Crippen LogP contribution in [0.15, 0.2) is 0 Å². The predicted molar refractivity (Wildman–Crippen MR) is 70.4 cm³/mol. The van der Waals surface area contributed by atoms with Gasteiger partial charge in [-0.1, -0.05) is 12.8 Å². The molecule has 2 aliphatic carbocycles. The molecule has 0 amide bonds. The Kier molecular flexibility index (Phi) is 5.89. The van der Waals surface area contributed by atoms with Crippen LogP contribution >= 0.6 is 0 Å². The molecule has 0 spiro atoms. The maximum Gasteiger partial charge on any atom is 0.0897 e. The molecule has 0 bridgehead atoms. The van der Waals surface area contributed by atoms with Crippen molar-refractivity contribution in [3.63, 3.8) is 0 Å². The number of hydrogen-bond acceptors (Lipinski definition) is 4. The molecule has 2 rings (SSSR count). The van der Waals surface area contributed by atoms with E-state index in [0.29, 0.717) is 19.1 Å². The Morgan fingerprint density at radius 2 is 1.94 bits per heavy atom. The molecule has 4 nitrogen and oxygen atoms in total. The number of ether oxygens (including phenoxy) is 1. The summed E-state index contributed by atoms with van der Waals surface area (Å²) in [6, 6.07) is 0. The van der Waals surface area contributed by atoms with Crippen molar-refractivity contribution in [2.45, 2.75) is 50.7 Å². The van der Waals surface area contributed by atoms with Gasteiger partial charge in [0.15, 0.2) is 0 Å². The fourth-order valence-corrected chi connectivity index (χ4v) is 2.58. The average Bonchev–Trinajstić information content (AvgIpc) is 3.16. The molecule has 0 aliphatic heterocycles. The van der Waals surface area contributed by atoms with Crippen LogP contribution < -0.4 is 5.32 Å². The molecule has 0 heterocycles. The summed E-state index contributed by atoms with van der Waals surface area (Å²) < 4.78 is 5.44. The van der Waals surface area contributed by atoms with Crippen molar-refractivity contribution in [2.24, 2.45) is 11.8 Å². The second-order valence-electron chi connectivity index (χ2n) is 5.90. The summed E-state index contributed by atoms with van der Waals surface area (Å²) >= 11 is 0. The van der Waals surface area contributed by atoms with Gasteiger partial charge in [-0.2, -0.15) is 0 Å². The molecule has 0 saturated heterocycles. The average molecular weight is 257 g/mol. The zero-order valence-corrected chi connectivity index (χ0v) is 11.2. The molecular weight excluding hydrogens is 230 g/mol. The lowest BCUT2D eigenvalue weighted by atomic mass is 9.86. The Morgan fingerprint density at radius 3 is 2.67 bits per heavy atom. The first kappa shape index (κ1) is 14.3. The van der Waals surface area contributed by atoms with Gasteiger partial charge in [0.05, 0.1) is 18.8 Å². The Labute approximate surface area is 110 Å². The van der Waals surface area contributed by atoms with Crippen molar-refractivity contribution in [3.05, 3.63) is 0 Å². The molecule has 106 valence electrons. The largest absolute Gasteiger partial charge is 0.393 e. The van der Waals surface area contributed by atoms with Crippen LogP contribution in [-0.4, -0.2) is 48.7 Å². The quantitative estimate of drug-likeness (QED) is 0.605. The van der Waals surface area contributed by atoms with E-state index in [9.17, 15) is 10.2 Å². The zero-order chi connectivity index (χ0) is 12.8. The van der Waals surface area contributed by atoms with Crippen molar-refractivity contribution in [3.8, 4) is 0 Å². The summed E-state index contributed by atoms with van der Waals surface area (Å²) in [6.07, 6.45) is 6.38. The third kappa shape index (κ3) is 5.22. The fraction of sp³-hybridized carbons (Fsp3) is 1.00. The maximum absolute atomic E-state index is 9.82. The fourth-order valence-electron chi connectivity index (χ4n) is 2.58. The van der Waals surface area contributed by atoms with Crippen LogP contribution in [0, 0.1) is 11.8 Å². The van der Waals surface area contributed by atoms with Crippen LogP contribution in [0.25, 0.3) is 0 Å². The highest BCUT2D eigenvalue weighted by atomic mass is 16.5. The van der Waals surface area contributed by atoms with Gasteiger partial charge < -0.3 is 20.3 Å². The molecule has 3 atom stereocenters. The molecule has 0 aromatic heterocycles. The first-order valence-corrected chi connectivity index (χ1v) is 7.40. The van der Waals surface area contributed by atoms with E-state index in [1.54, 1.807) is 0 Å². The van der Waals surface area contributed by atoms with Crippen molar-refractivity contribution < 1.29 is 14.9 Å². The normalized spacial score (nSPS) is 30.3. The summed E-state index contributed by atoms with van der Waals surface area (Å²) in [5.41, 5.74) is 0. The molecule has 2 aliphatic rings. The third-order valence-corrected chi connectivity index (χ3v) is 4.02. The first-order chi connectivity index (χ1) is 8.75. The number of nitrogens with one attached hydrogen (secondary N) is 1. The Bertz CT molecular complexity index is 233. The van der Waals surface area contributed by atoms with E-state index in [1.165, 1.54) is 19.3 Å². The molecular formula is C14H27NO3. The Hall–Kier alpha value is -0.160. The van der Waals surface area contributed by atoms with E-state index in [1.807, 2.05) is 0 Å². The van der Waals surface area contributed by atoms with Gasteiger partial charge in [-0.05, 0) is 37.5 Å². The predicted octanol–water partition coefficient (Wildman–Crippen LogP) is 0.915. The van der Waals surface area contributed by atoms with E-state index in [0.717, 1.165) is 38.3 Å². The summed E-state index contributed by atoms with van der Waals surface area (Å²) in [6.45, 7) is 2.60. The second-order valence-corrected chi connectivity index (χ2v) is 5.90. The summed E-state index contributed by atoms with van der Waals surface area (Å²) in [4.78, 5) is 0. The molecule has 0 radical (unpaired) electrons. The van der Waals surface area contributed by atoms with Crippen LogP contribution in [-0.2, 0) is 4.74 Å². The van der Waals surface area contributed by atoms with Gasteiger partial charge in [0, 0.05) is 19.7 Å². The van der Waals surface area contributed by atoms with Crippen LogP contribution in [0.4, 0.5) is 0 Å². The number of rotatable bonds is 8. The van der Waals surface area contributed by atoms with Gasteiger partial charge in [0.1, 0.15) is 0 Å². The molecule has 2 fully saturated rings. The van der Waals surface area contributed by atoms with E-state index in [4.69, 9.17) is 4.74 Å². The van der Waals surface area contributed by atoms with Crippen molar-refractivity contribution in [1.82, 2.24) is 5.32 Å². The lowest BCUT2D eigenvalue weighted by Gasteiger charge is -2.28. The molecule has 2 saturated carbocycles. The minimum Gasteiger partial charge on any atom is -0.393 e. The standard InChI is InChI=1S/C14H27NO3/c16-13(10-18-9-11-5-6-11)8-15-7-12-3-1-2-4-14(12)17/h11-17H,1-10H2. The van der Waals surface area contributed by atoms with Gasteiger partial charge in [-0.25, -0.2) is 0 Å². The lowest BCUT2D eigenvalue weighted by Crippen LogP contribution is -2.38. The molecule has 0 aromatic carbocycles. The minimum absolute atomic E-state index is 0.158. The maximum atomic E-state index is 9.82. The van der Waals surface area contributed by atoms with Gasteiger partial charge >= 0.3 is 0 Å². The van der Waals surface area contributed by atoms with Gasteiger partial charge in [0.2, 0.25) is 0 Å². The van der Waals surface area contributed by atoms with Crippen LogP contribution in [0.3, 0.4) is 0 Å². The minimum atomic E-state index is -0.426. The lowest BCUT2D eigenvalue weighted by molar-refractivity contribution is 0.0286. The van der Waals surface area contributed by atoms with E-state index < -0.39 is 6.10 Å². The molecule has 18 heavy (non-hydrogen) atoms. The van der Waals surface area contributed by atoms with E-state index in [-0.39, 0.29) is 6.10 Å². The number of aliphatic hydroxyl groups excluding tert-OH is 2. The summed E-state index contributed by atoms with van der Waals surface area (Å²) in [5, 5.41) is 22.8. The van der Waals surface area contributed by atoms with Crippen molar-refractivity contribution in [1.29, 1.82) is 0 Å². The highest BCUT2D eigenvalue weighted by Crippen LogP contribution is 2.28. The van der Waals surface area contributed by atoms with E-state index in [2.05, 4.69) is 5.32 Å². The van der Waals surface area contributed by atoms with Crippen LogP contribution in [0.5, 0.6) is 0 Å². The second kappa shape index (κ2) is 7.43. The molecule has 3 N–H and O–H groups in total. The summed E-state index contributed by atoms with van der Waals surface area (Å²) in [5.74, 6) is 1.11. The van der Waals surface area contributed by atoms with Crippen molar-refractivity contribution >= 4 is 0 Å². The molecule has 0 aromatic rings. The highest BCUT2D eigenvalue weighted by molar-refractivity contribution is 4.77. The zero-order valence-electron chi connectivity index (χ0n) is 11.2. The first-order valence-electron chi connectivity index (χ1n) is 7.40. The van der Waals surface area contributed by atoms with Crippen LogP contribution in [0.1, 0.15) is 38.5 Å². The van der Waals surface area contributed by atoms with E-state index >= 15 is 0 Å². The topological polar surface area (TPSA) is 61.7 Å². The Morgan fingerprint density at radius 1 is 1.17 bits per heavy atom. The summed E-state index contributed by atoms with van der Waals surface area (Å²) in [7, 11) is 0. The monoisotopic (exact) mass is 257 g/mol.